The summed E-state index contributed by atoms with van der Waals surface area (Å²) in [7, 11) is 0. The van der Waals surface area contributed by atoms with Crippen LogP contribution in [0.5, 0.6) is 0 Å². The molecule has 6 heteroatoms. The number of carboxylic acids is 1. The van der Waals surface area contributed by atoms with Crippen LogP contribution in [0.15, 0.2) is 12.2 Å². The second kappa shape index (κ2) is 39.8. The standard InChI is InChI=1S/C18H34O2.C15H30O3.Na/c1-2-3-4-5-6-7-8-9-10-11-12-13-14-15-16-17-18(19)20;1-2-3-4-5-6-7-8-9-10-12-15(17)18-14-11-13-16;/h9-10H,2-8,11-17H2,1H3,(H,19,20);16H,2-14H2,1H3;/q;;+1/p-1/b10-9-;;. The first-order chi connectivity index (χ1) is 18.6. The normalized spacial score (nSPS) is 10.6. The topological polar surface area (TPSA) is 86.7 Å². The third-order valence-corrected chi connectivity index (χ3v) is 6.69. The van der Waals surface area contributed by atoms with Crippen LogP contribution < -0.4 is 34.7 Å². The SMILES string of the molecule is CCCCCCCC/C=C\CCCCCCCC(=O)[O-].CCCCCCCCCCCC(=O)OCCCO.[Na+]. The number of hydrogen-bond donors (Lipinski definition) is 1. The maximum atomic E-state index is 11.2. The van der Waals surface area contributed by atoms with Crippen LogP contribution in [0.2, 0.25) is 0 Å². The van der Waals surface area contributed by atoms with E-state index in [1.54, 1.807) is 0 Å². The van der Waals surface area contributed by atoms with Gasteiger partial charge in [0.05, 0.1) is 6.61 Å². The van der Waals surface area contributed by atoms with E-state index in [0.717, 1.165) is 32.1 Å². The van der Waals surface area contributed by atoms with Crippen molar-refractivity contribution in [3.05, 3.63) is 12.2 Å². The fourth-order valence-electron chi connectivity index (χ4n) is 4.24. The molecule has 39 heavy (non-hydrogen) atoms. The number of esters is 1. The van der Waals surface area contributed by atoms with Gasteiger partial charge in [0.2, 0.25) is 0 Å². The van der Waals surface area contributed by atoms with Gasteiger partial charge in [0.15, 0.2) is 0 Å². The van der Waals surface area contributed by atoms with Crippen molar-refractivity contribution in [2.24, 2.45) is 0 Å². The van der Waals surface area contributed by atoms with E-state index in [4.69, 9.17) is 9.84 Å². The molecule has 0 amide bonds. The molecule has 226 valence electrons. The molecule has 0 aliphatic rings. The van der Waals surface area contributed by atoms with Gasteiger partial charge < -0.3 is 19.7 Å². The van der Waals surface area contributed by atoms with Crippen molar-refractivity contribution in [2.45, 2.75) is 174 Å². The molecule has 0 atom stereocenters. The summed E-state index contributed by atoms with van der Waals surface area (Å²) in [4.78, 5) is 21.4. The molecule has 0 radical (unpaired) electrons. The number of aliphatic hydroxyl groups excluding tert-OH is 1. The molecule has 0 aromatic heterocycles. The second-order valence-corrected chi connectivity index (χ2v) is 10.6. The molecule has 0 spiro atoms. The fourth-order valence-corrected chi connectivity index (χ4v) is 4.24. The molecule has 5 nitrogen and oxygen atoms in total. The molecular weight excluding hydrogens is 499 g/mol. The zero-order chi connectivity index (χ0) is 28.4. The minimum absolute atomic E-state index is 0. The Kier molecular flexibility index (Phi) is 44.0. The first-order valence-corrected chi connectivity index (χ1v) is 16.2. The summed E-state index contributed by atoms with van der Waals surface area (Å²) >= 11 is 0. The zero-order valence-electron chi connectivity index (χ0n) is 26.3. The van der Waals surface area contributed by atoms with Gasteiger partial charge in [0.25, 0.3) is 0 Å². The molecule has 0 heterocycles. The van der Waals surface area contributed by atoms with Crippen LogP contribution in [0.3, 0.4) is 0 Å². The van der Waals surface area contributed by atoms with Crippen molar-refractivity contribution in [1.82, 2.24) is 0 Å². The average Bonchev–Trinajstić information content (AvgIpc) is 2.90. The Hall–Kier alpha value is -0.360. The van der Waals surface area contributed by atoms with E-state index in [9.17, 15) is 14.7 Å². The summed E-state index contributed by atoms with van der Waals surface area (Å²) in [6.45, 7) is 4.93. The Labute approximate surface area is 264 Å². The third kappa shape index (κ3) is 44.9. The van der Waals surface area contributed by atoms with Crippen LogP contribution in [0.4, 0.5) is 0 Å². The third-order valence-electron chi connectivity index (χ3n) is 6.69. The number of aliphatic hydroxyl groups is 1. The second-order valence-electron chi connectivity index (χ2n) is 10.6. The number of carbonyl (C=O) groups excluding carboxylic acids is 2. The quantitative estimate of drug-likeness (QED) is 0.0580. The number of ether oxygens (including phenoxy) is 1. The van der Waals surface area contributed by atoms with Gasteiger partial charge in [-0.3, -0.25) is 4.79 Å². The monoisotopic (exact) mass is 562 g/mol. The number of rotatable bonds is 28. The molecule has 0 saturated heterocycles. The van der Waals surface area contributed by atoms with Crippen molar-refractivity contribution >= 4 is 11.9 Å². The average molecular weight is 563 g/mol. The van der Waals surface area contributed by atoms with Gasteiger partial charge in [-0.15, -0.1) is 0 Å². The summed E-state index contributed by atoms with van der Waals surface area (Å²) in [5.41, 5.74) is 0. The number of carboxylic acid groups (broad SMARTS) is 1. The Morgan fingerprint density at radius 3 is 1.38 bits per heavy atom. The van der Waals surface area contributed by atoms with Crippen LogP contribution >= 0.6 is 0 Å². The van der Waals surface area contributed by atoms with E-state index in [-0.39, 0.29) is 48.6 Å². The van der Waals surface area contributed by atoms with Gasteiger partial charge >= 0.3 is 35.5 Å². The zero-order valence-corrected chi connectivity index (χ0v) is 28.3. The van der Waals surface area contributed by atoms with E-state index < -0.39 is 5.97 Å². The van der Waals surface area contributed by atoms with E-state index in [1.807, 2.05) is 0 Å². The van der Waals surface area contributed by atoms with Crippen LogP contribution in [-0.2, 0) is 14.3 Å². The van der Waals surface area contributed by atoms with Crippen LogP contribution in [0, 0.1) is 0 Å². The minimum atomic E-state index is -0.914. The molecule has 1 N–H and O–H groups in total. The molecule has 0 aliphatic heterocycles. The van der Waals surface area contributed by atoms with E-state index in [0.29, 0.717) is 19.4 Å². The van der Waals surface area contributed by atoms with Gasteiger partial charge in [-0.2, -0.15) is 0 Å². The van der Waals surface area contributed by atoms with Crippen LogP contribution in [0.25, 0.3) is 0 Å². The Bertz CT molecular complexity index is 510. The molecule has 0 aromatic carbocycles. The maximum Gasteiger partial charge on any atom is 1.00 e. The first-order valence-electron chi connectivity index (χ1n) is 16.2. The van der Waals surface area contributed by atoms with Crippen molar-refractivity contribution in [1.29, 1.82) is 0 Å². The number of carbonyl (C=O) groups is 2. The molecule has 0 fully saturated rings. The van der Waals surface area contributed by atoms with Gasteiger partial charge in [-0.1, -0.05) is 129 Å². The van der Waals surface area contributed by atoms with Gasteiger partial charge in [-0.25, -0.2) is 0 Å². The molecule has 0 aromatic rings. The molecule has 0 bridgehead atoms. The van der Waals surface area contributed by atoms with Gasteiger partial charge in [0, 0.05) is 25.4 Å². The fraction of sp³-hybridized carbons (Fsp3) is 0.879. The predicted octanol–water partition coefficient (Wildman–Crippen LogP) is 5.61. The van der Waals surface area contributed by atoms with Crippen molar-refractivity contribution in [3.8, 4) is 0 Å². The van der Waals surface area contributed by atoms with E-state index in [1.165, 1.54) is 109 Å². The molecule has 0 unspecified atom stereocenters. The van der Waals surface area contributed by atoms with E-state index >= 15 is 0 Å². The number of hydrogen-bond acceptors (Lipinski definition) is 5. The van der Waals surface area contributed by atoms with Crippen molar-refractivity contribution in [2.75, 3.05) is 13.2 Å². The summed E-state index contributed by atoms with van der Waals surface area (Å²) in [5, 5.41) is 18.8. The number of unbranched alkanes of at least 4 members (excludes halogenated alkanes) is 19. The largest absolute Gasteiger partial charge is 1.00 e. The smallest absolute Gasteiger partial charge is 0.550 e. The first kappa shape index (κ1) is 43.1. The Balaban J connectivity index is -0.000000651. The van der Waals surface area contributed by atoms with Crippen LogP contribution in [0.1, 0.15) is 174 Å². The van der Waals surface area contributed by atoms with Gasteiger partial charge in [-0.05, 0) is 44.9 Å². The van der Waals surface area contributed by atoms with Crippen molar-refractivity contribution in [3.63, 3.8) is 0 Å². The van der Waals surface area contributed by atoms with E-state index in [2.05, 4.69) is 26.0 Å². The summed E-state index contributed by atoms with van der Waals surface area (Å²) in [5.74, 6) is -1.03. The summed E-state index contributed by atoms with van der Waals surface area (Å²) < 4.78 is 4.96. The molecule has 0 saturated carbocycles. The van der Waals surface area contributed by atoms with Crippen LogP contribution in [-0.4, -0.2) is 30.3 Å². The maximum absolute atomic E-state index is 11.2. The Morgan fingerprint density at radius 1 is 0.590 bits per heavy atom. The molecular formula is C33H63NaO5. The summed E-state index contributed by atoms with van der Waals surface area (Å²) in [6, 6.07) is 0. The minimum Gasteiger partial charge on any atom is -0.550 e. The molecule has 0 rings (SSSR count). The van der Waals surface area contributed by atoms with Gasteiger partial charge in [0.1, 0.15) is 0 Å². The van der Waals surface area contributed by atoms with Crippen molar-refractivity contribution < 1.29 is 54.1 Å². The summed E-state index contributed by atoms with van der Waals surface area (Å²) in [6.07, 6.45) is 33.3. The molecule has 0 aliphatic carbocycles. The number of allylic oxidation sites excluding steroid dienone is 2. The Morgan fingerprint density at radius 2 is 0.974 bits per heavy atom. The number of aliphatic carboxylic acids is 1. The predicted molar refractivity (Wildman–Crippen MR) is 159 cm³/mol.